The molecule has 1 radical (unpaired) electrons. The minimum Gasteiger partial charge on any atom is -0.841 e. The number of hydrogen-bond donors (Lipinski definition) is 1. The van der Waals surface area contributed by atoms with Crippen LogP contribution in [0.15, 0.2) is 12.4 Å². The first-order chi connectivity index (χ1) is 5.11. The lowest BCUT2D eigenvalue weighted by Gasteiger charge is -2.31. The highest BCUT2D eigenvalue weighted by molar-refractivity contribution is 5.03. The Labute approximate surface area is 67.1 Å². The van der Waals surface area contributed by atoms with Gasteiger partial charge in [-0.2, -0.15) is 0 Å². The van der Waals surface area contributed by atoms with E-state index in [1.807, 2.05) is 36.3 Å². The molecule has 0 saturated carbocycles. The van der Waals surface area contributed by atoms with Crippen LogP contribution >= 0.6 is 0 Å². The minimum atomic E-state index is -0.769. The first-order valence-electron chi connectivity index (χ1n) is 3.54. The lowest BCUT2D eigenvalue weighted by molar-refractivity contribution is -0.423. The fraction of sp³-hybridized carbons (Fsp3) is 0.571. The van der Waals surface area contributed by atoms with Crippen LogP contribution in [0.4, 0.5) is 0 Å². The van der Waals surface area contributed by atoms with E-state index in [0.717, 1.165) is 6.29 Å². The highest BCUT2D eigenvalue weighted by Gasteiger charge is 2.20. The Hall–Kier alpha value is -0.740. The number of rotatable bonds is 2. The van der Waals surface area contributed by atoms with Crippen molar-refractivity contribution in [2.24, 2.45) is 0 Å². The number of hydrogen-bond acceptors (Lipinski definition) is 4. The smallest absolute Gasteiger partial charge is 0.225 e. The summed E-state index contributed by atoms with van der Waals surface area (Å²) in [5, 5.41) is 13.6. The monoisotopic (exact) mass is 155 g/mol. The van der Waals surface area contributed by atoms with Gasteiger partial charge in [-0.3, -0.25) is 5.32 Å². The van der Waals surface area contributed by atoms with Gasteiger partial charge < -0.3 is 14.9 Å². The molecule has 63 valence electrons. The van der Waals surface area contributed by atoms with E-state index in [4.69, 9.17) is 0 Å². The van der Waals surface area contributed by atoms with Gasteiger partial charge in [-0.1, -0.05) is 13.2 Å². The third kappa shape index (κ3) is 1.85. The summed E-state index contributed by atoms with van der Waals surface area (Å²) in [7, 11) is 3.79. The molecule has 0 saturated heterocycles. The predicted molar refractivity (Wildman–Crippen MR) is 40.5 cm³/mol. The van der Waals surface area contributed by atoms with Crippen molar-refractivity contribution in [3.8, 4) is 0 Å². The highest BCUT2D eigenvalue weighted by atomic mass is 16.3. The normalized spacial score (nSPS) is 21.5. The van der Waals surface area contributed by atoms with Crippen LogP contribution in [0, 0.1) is 6.29 Å². The maximum Gasteiger partial charge on any atom is 0.225 e. The topological polar surface area (TPSA) is 41.6 Å². The SMILES string of the molecule is CC([O-])N[C]1N(C)C=CN1C. The summed E-state index contributed by atoms with van der Waals surface area (Å²) in [6, 6.07) is 0. The molecule has 0 aliphatic carbocycles. The van der Waals surface area contributed by atoms with Crippen LogP contribution in [-0.4, -0.2) is 30.1 Å². The molecule has 1 aliphatic heterocycles. The molecule has 4 nitrogen and oxygen atoms in total. The Kier molecular flexibility index (Phi) is 2.36. The molecule has 1 rings (SSSR count). The van der Waals surface area contributed by atoms with Crippen molar-refractivity contribution >= 4 is 0 Å². The average molecular weight is 155 g/mol. The largest absolute Gasteiger partial charge is 0.841 e. The van der Waals surface area contributed by atoms with E-state index in [1.54, 1.807) is 6.92 Å². The first kappa shape index (κ1) is 8.36. The molecule has 0 spiro atoms. The van der Waals surface area contributed by atoms with E-state index in [-0.39, 0.29) is 0 Å². The van der Waals surface area contributed by atoms with Gasteiger partial charge in [0.15, 0.2) is 0 Å². The average Bonchev–Trinajstić information content (AvgIpc) is 2.18. The molecule has 0 aromatic heterocycles. The Balaban J connectivity index is 2.45. The van der Waals surface area contributed by atoms with E-state index in [2.05, 4.69) is 5.32 Å². The number of nitrogens with one attached hydrogen (secondary N) is 1. The molecule has 0 aromatic carbocycles. The van der Waals surface area contributed by atoms with Gasteiger partial charge in [-0.15, -0.1) is 0 Å². The zero-order valence-corrected chi connectivity index (χ0v) is 7.03. The van der Waals surface area contributed by atoms with Crippen molar-refractivity contribution in [2.75, 3.05) is 14.1 Å². The first-order valence-corrected chi connectivity index (χ1v) is 3.54. The molecule has 11 heavy (non-hydrogen) atoms. The third-order valence-electron chi connectivity index (χ3n) is 1.51. The Morgan fingerprint density at radius 2 is 1.82 bits per heavy atom. The summed E-state index contributed by atoms with van der Waals surface area (Å²) >= 11 is 0. The van der Waals surface area contributed by atoms with E-state index < -0.39 is 6.23 Å². The Bertz CT molecular complexity index is 146. The summed E-state index contributed by atoms with van der Waals surface area (Å²) in [5.74, 6) is 0. The second-order valence-electron chi connectivity index (χ2n) is 2.63. The molecule has 0 fully saturated rings. The van der Waals surface area contributed by atoms with E-state index in [1.165, 1.54) is 0 Å². The minimum absolute atomic E-state index is 0.769. The van der Waals surface area contributed by atoms with Crippen LogP contribution in [0.2, 0.25) is 0 Å². The van der Waals surface area contributed by atoms with Gasteiger partial charge in [0.2, 0.25) is 6.29 Å². The quantitative estimate of drug-likeness (QED) is 0.523. The maximum absolute atomic E-state index is 10.8. The lowest BCUT2D eigenvalue weighted by atomic mass is 10.6. The lowest BCUT2D eigenvalue weighted by Crippen LogP contribution is -2.48. The molecular weight excluding hydrogens is 142 g/mol. The summed E-state index contributed by atoms with van der Waals surface area (Å²) < 4.78 is 0. The molecule has 1 N–H and O–H groups in total. The van der Waals surface area contributed by atoms with Gasteiger partial charge in [0, 0.05) is 26.5 Å². The molecule has 1 unspecified atom stereocenters. The van der Waals surface area contributed by atoms with Gasteiger partial charge in [0.05, 0.1) is 0 Å². The van der Waals surface area contributed by atoms with Crippen molar-refractivity contribution in [2.45, 2.75) is 13.2 Å². The van der Waals surface area contributed by atoms with Crippen LogP contribution in [0.5, 0.6) is 0 Å². The Morgan fingerprint density at radius 1 is 1.36 bits per heavy atom. The van der Waals surface area contributed by atoms with Crippen LogP contribution in [0.3, 0.4) is 0 Å². The Morgan fingerprint density at radius 3 is 2.18 bits per heavy atom. The molecule has 1 aliphatic rings. The van der Waals surface area contributed by atoms with Gasteiger partial charge in [-0.25, -0.2) is 0 Å². The van der Waals surface area contributed by atoms with Crippen LogP contribution < -0.4 is 10.4 Å². The molecule has 0 aromatic rings. The van der Waals surface area contributed by atoms with Gasteiger partial charge >= 0.3 is 0 Å². The van der Waals surface area contributed by atoms with Crippen molar-refractivity contribution in [1.29, 1.82) is 0 Å². The molecule has 4 heteroatoms. The van der Waals surface area contributed by atoms with Gasteiger partial charge in [0.1, 0.15) is 0 Å². The summed E-state index contributed by atoms with van der Waals surface area (Å²) in [6.45, 7) is 1.58. The second-order valence-corrected chi connectivity index (χ2v) is 2.63. The van der Waals surface area contributed by atoms with Crippen molar-refractivity contribution < 1.29 is 5.11 Å². The van der Waals surface area contributed by atoms with Crippen LogP contribution in [0.1, 0.15) is 6.92 Å². The fourth-order valence-electron chi connectivity index (χ4n) is 0.975. The van der Waals surface area contributed by atoms with Crippen molar-refractivity contribution in [3.05, 3.63) is 18.7 Å². The zero-order valence-electron chi connectivity index (χ0n) is 7.03. The van der Waals surface area contributed by atoms with E-state index >= 15 is 0 Å². The van der Waals surface area contributed by atoms with Crippen LogP contribution in [0.25, 0.3) is 0 Å². The van der Waals surface area contributed by atoms with Crippen molar-refractivity contribution in [1.82, 2.24) is 15.1 Å². The molecule has 0 bridgehead atoms. The molecule has 1 heterocycles. The van der Waals surface area contributed by atoms with E-state index in [9.17, 15) is 5.11 Å². The summed E-state index contributed by atoms with van der Waals surface area (Å²) in [6.07, 6.45) is 3.84. The zero-order chi connectivity index (χ0) is 8.43. The van der Waals surface area contributed by atoms with Crippen molar-refractivity contribution in [3.63, 3.8) is 0 Å². The van der Waals surface area contributed by atoms with E-state index in [0.29, 0.717) is 0 Å². The standard InChI is InChI=1S/C7H13N3O/c1-6(11)8-7-9(2)4-5-10(7)3/h4-6,8H,1-3H3/q-1. The second kappa shape index (κ2) is 3.11. The van der Waals surface area contributed by atoms with Crippen LogP contribution in [-0.2, 0) is 0 Å². The fourth-order valence-corrected chi connectivity index (χ4v) is 0.975. The molecular formula is C7H13N3O-. The predicted octanol–water partition coefficient (Wildman–Crippen LogP) is -0.922. The molecule has 0 amide bonds. The maximum atomic E-state index is 10.8. The third-order valence-corrected chi connectivity index (χ3v) is 1.51. The summed E-state index contributed by atoms with van der Waals surface area (Å²) in [5.41, 5.74) is 0. The van der Waals surface area contributed by atoms with Gasteiger partial charge in [0.25, 0.3) is 0 Å². The highest BCUT2D eigenvalue weighted by Crippen LogP contribution is 2.14. The summed E-state index contributed by atoms with van der Waals surface area (Å²) in [4.78, 5) is 3.74. The number of nitrogens with zero attached hydrogens (tertiary/aromatic N) is 2. The molecule has 1 atom stereocenters. The van der Waals surface area contributed by atoms with Gasteiger partial charge in [-0.05, 0) is 0 Å².